The van der Waals surface area contributed by atoms with Gasteiger partial charge in [0.25, 0.3) is 11.6 Å². The Morgan fingerprint density at radius 3 is 2.34 bits per heavy atom. The fourth-order valence-corrected chi connectivity index (χ4v) is 3.68. The number of nitrogens with one attached hydrogen (secondary N) is 1. The van der Waals surface area contributed by atoms with Gasteiger partial charge in [-0.15, -0.1) is 0 Å². The van der Waals surface area contributed by atoms with Crippen molar-refractivity contribution < 1.29 is 23.6 Å². The van der Waals surface area contributed by atoms with E-state index in [1.54, 1.807) is 0 Å². The van der Waals surface area contributed by atoms with E-state index in [2.05, 4.69) is 5.32 Å². The van der Waals surface area contributed by atoms with Gasteiger partial charge < -0.3 is 14.8 Å². The number of ether oxygens (including phenoxy) is 2. The van der Waals surface area contributed by atoms with Crippen LogP contribution in [0.1, 0.15) is 36.0 Å². The first-order valence-corrected chi connectivity index (χ1v) is 9.54. The number of nitrogens with zero attached hydrogens (tertiary/aromatic N) is 1. The molecule has 0 aliphatic heterocycles. The smallest absolute Gasteiger partial charge is 0.272 e. The first kappa shape index (κ1) is 21.1. The maximum atomic E-state index is 14.5. The number of amides is 1. The fraction of sp³-hybridized carbons (Fsp3) is 0.316. The summed E-state index contributed by atoms with van der Waals surface area (Å²) in [4.78, 5) is 22.9. The Morgan fingerprint density at radius 2 is 1.79 bits per heavy atom. The summed E-state index contributed by atoms with van der Waals surface area (Å²) < 4.78 is 25.5. The van der Waals surface area contributed by atoms with Crippen molar-refractivity contribution in [3.63, 3.8) is 0 Å². The Morgan fingerprint density at radius 1 is 1.17 bits per heavy atom. The normalized spacial score (nSPS) is 13.9. The molecule has 0 radical (unpaired) electrons. The molecule has 29 heavy (non-hydrogen) atoms. The molecule has 3 rings (SSSR count). The van der Waals surface area contributed by atoms with Crippen LogP contribution < -0.4 is 14.8 Å². The highest BCUT2D eigenvalue weighted by Gasteiger charge is 2.23. The summed E-state index contributed by atoms with van der Waals surface area (Å²) in [6.07, 6.45) is 3.80. The number of hydrogen-bond donors (Lipinski definition) is 1. The van der Waals surface area contributed by atoms with Crippen LogP contribution in [0.15, 0.2) is 24.3 Å². The lowest BCUT2D eigenvalue weighted by molar-refractivity contribution is -0.384. The minimum Gasteiger partial charge on any atom is -0.493 e. The third kappa shape index (κ3) is 4.71. The molecule has 10 heteroatoms. The lowest BCUT2D eigenvalue weighted by Crippen LogP contribution is -2.17. The third-order valence-electron chi connectivity index (χ3n) is 4.57. The summed E-state index contributed by atoms with van der Waals surface area (Å²) in [5, 5.41) is 13.0. The van der Waals surface area contributed by atoms with E-state index >= 15 is 0 Å². The maximum Gasteiger partial charge on any atom is 0.272 e. The van der Waals surface area contributed by atoms with Crippen molar-refractivity contribution >= 4 is 40.5 Å². The van der Waals surface area contributed by atoms with E-state index < -0.39 is 16.6 Å². The van der Waals surface area contributed by atoms with E-state index in [0.717, 1.165) is 43.9 Å². The largest absolute Gasteiger partial charge is 0.493 e. The molecule has 0 unspecified atom stereocenters. The van der Waals surface area contributed by atoms with Crippen LogP contribution >= 0.6 is 23.2 Å². The summed E-state index contributed by atoms with van der Waals surface area (Å²) in [5.41, 5.74) is -0.692. The molecule has 1 fully saturated rings. The molecule has 1 aliphatic rings. The van der Waals surface area contributed by atoms with Crippen molar-refractivity contribution in [2.75, 3.05) is 12.4 Å². The summed E-state index contributed by atoms with van der Waals surface area (Å²) in [5.74, 6) is -1.23. The highest BCUT2D eigenvalue weighted by Crippen LogP contribution is 2.37. The lowest BCUT2D eigenvalue weighted by atomic mass is 10.1. The van der Waals surface area contributed by atoms with E-state index in [-0.39, 0.29) is 44.6 Å². The predicted molar refractivity (Wildman–Crippen MR) is 107 cm³/mol. The number of halogens is 3. The number of anilines is 1. The molecule has 0 aromatic heterocycles. The third-order valence-corrected chi connectivity index (χ3v) is 5.17. The van der Waals surface area contributed by atoms with Crippen molar-refractivity contribution in [2.45, 2.75) is 31.8 Å². The molecule has 2 aromatic rings. The van der Waals surface area contributed by atoms with Crippen LogP contribution in [0.3, 0.4) is 0 Å². The van der Waals surface area contributed by atoms with Crippen LogP contribution in [-0.4, -0.2) is 24.0 Å². The molecule has 1 amide bonds. The average Bonchev–Trinajstić information content (AvgIpc) is 3.18. The zero-order chi connectivity index (χ0) is 21.1. The molecule has 0 bridgehead atoms. The van der Waals surface area contributed by atoms with E-state index in [0.29, 0.717) is 0 Å². The van der Waals surface area contributed by atoms with Gasteiger partial charge in [0.15, 0.2) is 11.5 Å². The second kappa shape index (κ2) is 8.84. The zero-order valence-electron chi connectivity index (χ0n) is 15.3. The molecule has 0 saturated heterocycles. The Balaban J connectivity index is 1.90. The van der Waals surface area contributed by atoms with Gasteiger partial charge in [-0.1, -0.05) is 23.2 Å². The molecule has 1 aliphatic carbocycles. The Kier molecular flexibility index (Phi) is 6.44. The first-order valence-electron chi connectivity index (χ1n) is 8.79. The molecule has 1 saturated carbocycles. The monoisotopic (exact) mass is 442 g/mol. The van der Waals surface area contributed by atoms with E-state index in [1.807, 2.05) is 0 Å². The average molecular weight is 443 g/mol. The molecule has 7 nitrogen and oxygen atoms in total. The molecule has 0 heterocycles. The molecule has 0 spiro atoms. The minimum atomic E-state index is -0.834. The van der Waals surface area contributed by atoms with Gasteiger partial charge in [-0.05, 0) is 31.7 Å². The van der Waals surface area contributed by atoms with Crippen LogP contribution in [-0.2, 0) is 0 Å². The zero-order valence-corrected chi connectivity index (χ0v) is 16.8. The van der Waals surface area contributed by atoms with Gasteiger partial charge in [0.1, 0.15) is 5.82 Å². The number of nitro groups is 1. The van der Waals surface area contributed by atoms with E-state index in [1.165, 1.54) is 13.2 Å². The fourth-order valence-electron chi connectivity index (χ4n) is 3.11. The molecule has 2 aromatic carbocycles. The number of carbonyl (C=O) groups excluding carboxylic acids is 1. The van der Waals surface area contributed by atoms with Crippen molar-refractivity contribution in [3.05, 3.63) is 55.8 Å². The predicted octanol–water partition coefficient (Wildman–Crippen LogP) is 5.62. The van der Waals surface area contributed by atoms with Crippen molar-refractivity contribution in [3.8, 4) is 11.5 Å². The van der Waals surface area contributed by atoms with Crippen LogP contribution in [0.2, 0.25) is 10.0 Å². The number of hydrogen-bond acceptors (Lipinski definition) is 5. The van der Waals surface area contributed by atoms with E-state index in [9.17, 15) is 19.3 Å². The van der Waals surface area contributed by atoms with Crippen molar-refractivity contribution in [1.29, 1.82) is 0 Å². The van der Waals surface area contributed by atoms with Crippen LogP contribution in [0, 0.1) is 15.9 Å². The topological polar surface area (TPSA) is 90.7 Å². The van der Waals surface area contributed by atoms with Crippen molar-refractivity contribution in [1.82, 2.24) is 0 Å². The summed E-state index contributed by atoms with van der Waals surface area (Å²) in [6.45, 7) is 0. The molecular weight excluding hydrogens is 426 g/mol. The number of carbonyl (C=O) groups is 1. The molecule has 154 valence electrons. The standard InChI is InChI=1S/C19H17Cl2FN2O5/c1-28-16-9-15(22)12(8-17(16)29-11-4-2-3-5-11)19(25)23-18-13(20)6-10(24(26)27)7-14(18)21/h6-9,11H,2-5H2,1H3,(H,23,25). The summed E-state index contributed by atoms with van der Waals surface area (Å²) in [7, 11) is 1.38. The lowest BCUT2D eigenvalue weighted by Gasteiger charge is -2.17. The number of non-ortho nitro benzene ring substituents is 1. The van der Waals surface area contributed by atoms with E-state index in [4.69, 9.17) is 32.7 Å². The molecular formula is C19H17Cl2FN2O5. The van der Waals surface area contributed by atoms with Crippen molar-refractivity contribution in [2.24, 2.45) is 0 Å². The Labute approximate surface area is 175 Å². The molecule has 0 atom stereocenters. The van der Waals surface area contributed by atoms with Gasteiger partial charge in [0.05, 0.1) is 39.4 Å². The first-order chi connectivity index (χ1) is 13.8. The van der Waals surface area contributed by atoms with Gasteiger partial charge >= 0.3 is 0 Å². The van der Waals surface area contributed by atoms with Gasteiger partial charge in [-0.2, -0.15) is 0 Å². The highest BCUT2D eigenvalue weighted by molar-refractivity contribution is 6.40. The number of rotatable bonds is 6. The van der Waals surface area contributed by atoms with Gasteiger partial charge in [-0.25, -0.2) is 4.39 Å². The second-order valence-electron chi connectivity index (χ2n) is 6.50. The Hall–Kier alpha value is -2.58. The minimum absolute atomic E-state index is 0.0242. The number of methoxy groups -OCH3 is 1. The number of nitro benzene ring substituents is 1. The number of benzene rings is 2. The SMILES string of the molecule is COc1cc(F)c(C(=O)Nc2c(Cl)cc([N+](=O)[O-])cc2Cl)cc1OC1CCCC1. The van der Waals surface area contributed by atoms with Gasteiger partial charge in [0, 0.05) is 18.2 Å². The van der Waals surface area contributed by atoms with Crippen LogP contribution in [0.4, 0.5) is 15.8 Å². The van der Waals surface area contributed by atoms with Crippen LogP contribution in [0.25, 0.3) is 0 Å². The Bertz CT molecular complexity index is 941. The molecule has 1 N–H and O–H groups in total. The van der Waals surface area contributed by atoms with Gasteiger partial charge in [0.2, 0.25) is 0 Å². The quantitative estimate of drug-likeness (QED) is 0.462. The summed E-state index contributed by atoms with van der Waals surface area (Å²) in [6, 6.07) is 4.41. The highest BCUT2D eigenvalue weighted by atomic mass is 35.5. The van der Waals surface area contributed by atoms with Gasteiger partial charge in [-0.3, -0.25) is 14.9 Å². The second-order valence-corrected chi connectivity index (χ2v) is 7.32. The summed E-state index contributed by atoms with van der Waals surface area (Å²) >= 11 is 12.0. The maximum absolute atomic E-state index is 14.5. The van der Waals surface area contributed by atoms with Crippen LogP contribution in [0.5, 0.6) is 11.5 Å².